The molecule has 0 atom stereocenters. The number of carbonyl (C=O) groups excluding carboxylic acids is 1. The number of nitrogens with zero attached hydrogens (tertiary/aromatic N) is 1. The van der Waals surface area contributed by atoms with Gasteiger partial charge in [0.25, 0.3) is 0 Å². The van der Waals surface area contributed by atoms with Gasteiger partial charge in [0.1, 0.15) is 0 Å². The third-order valence-electron chi connectivity index (χ3n) is 2.82. The highest BCUT2D eigenvalue weighted by Gasteiger charge is 2.14. The minimum atomic E-state index is 0.0473. The van der Waals surface area contributed by atoms with Crippen molar-refractivity contribution in [2.45, 2.75) is 19.8 Å². The van der Waals surface area contributed by atoms with E-state index in [0.29, 0.717) is 5.92 Å². The molecule has 1 rings (SSSR count). The highest BCUT2D eigenvalue weighted by molar-refractivity contribution is 5.73. The number of hydrogen-bond donors (Lipinski definition) is 2. The van der Waals surface area contributed by atoms with E-state index in [1.807, 2.05) is 14.0 Å². The summed E-state index contributed by atoms with van der Waals surface area (Å²) in [4.78, 5) is 13.1. The van der Waals surface area contributed by atoms with E-state index in [-0.39, 0.29) is 6.03 Å². The van der Waals surface area contributed by atoms with Crippen LogP contribution in [0, 0.1) is 5.92 Å². The molecule has 0 saturated carbocycles. The average Bonchev–Trinajstić information content (AvgIpc) is 2.26. The van der Waals surface area contributed by atoms with Crippen molar-refractivity contribution in [3.05, 3.63) is 0 Å². The summed E-state index contributed by atoms with van der Waals surface area (Å²) in [5.41, 5.74) is 0. The lowest BCUT2D eigenvalue weighted by atomic mass is 9.98. The van der Waals surface area contributed by atoms with E-state index in [1.165, 1.54) is 12.8 Å². The Morgan fingerprint density at radius 3 is 2.71 bits per heavy atom. The Bertz CT molecular complexity index is 178. The van der Waals surface area contributed by atoms with Gasteiger partial charge in [0.2, 0.25) is 0 Å². The molecule has 0 unspecified atom stereocenters. The molecule has 2 amide bonds. The van der Waals surface area contributed by atoms with Crippen molar-refractivity contribution in [3.63, 3.8) is 0 Å². The van der Waals surface area contributed by atoms with E-state index in [4.69, 9.17) is 0 Å². The van der Waals surface area contributed by atoms with E-state index in [0.717, 1.165) is 26.2 Å². The van der Waals surface area contributed by atoms with Crippen molar-refractivity contribution in [3.8, 4) is 0 Å². The molecule has 0 aliphatic carbocycles. The predicted octanol–water partition coefficient (Wildman–Crippen LogP) is 0.647. The van der Waals surface area contributed by atoms with Gasteiger partial charge in [-0.2, -0.15) is 0 Å². The smallest absolute Gasteiger partial charge is 0.317 e. The number of nitrogens with one attached hydrogen (secondary N) is 2. The number of amides is 2. The molecule has 4 heteroatoms. The minimum absolute atomic E-state index is 0.0473. The second kappa shape index (κ2) is 5.86. The molecule has 1 aliphatic rings. The summed E-state index contributed by atoms with van der Waals surface area (Å²) >= 11 is 0. The van der Waals surface area contributed by atoms with Crippen LogP contribution in [0.2, 0.25) is 0 Å². The zero-order valence-corrected chi connectivity index (χ0v) is 9.18. The number of urea groups is 1. The molecule has 2 N–H and O–H groups in total. The molecule has 14 heavy (non-hydrogen) atoms. The summed E-state index contributed by atoms with van der Waals surface area (Å²) < 4.78 is 0. The van der Waals surface area contributed by atoms with Gasteiger partial charge in [-0.05, 0) is 38.8 Å². The molecular formula is C10H21N3O. The van der Waals surface area contributed by atoms with Gasteiger partial charge in [0.15, 0.2) is 0 Å². The Morgan fingerprint density at radius 2 is 2.14 bits per heavy atom. The first-order valence-corrected chi connectivity index (χ1v) is 5.43. The first-order chi connectivity index (χ1) is 6.74. The summed E-state index contributed by atoms with van der Waals surface area (Å²) in [6, 6.07) is 0.0473. The molecule has 0 spiro atoms. The molecule has 4 nitrogen and oxygen atoms in total. The lowest BCUT2D eigenvalue weighted by Crippen LogP contribution is -2.41. The summed E-state index contributed by atoms with van der Waals surface area (Å²) in [6.45, 7) is 5.74. The molecule has 0 bridgehead atoms. The SMILES string of the molecule is CCN(C)C(=O)NCC1CCNCC1. The fraction of sp³-hybridized carbons (Fsp3) is 0.900. The summed E-state index contributed by atoms with van der Waals surface area (Å²) in [5.74, 6) is 0.658. The largest absolute Gasteiger partial charge is 0.338 e. The van der Waals surface area contributed by atoms with Crippen LogP contribution >= 0.6 is 0 Å². The molecule has 0 aromatic heterocycles. The highest BCUT2D eigenvalue weighted by atomic mass is 16.2. The first-order valence-electron chi connectivity index (χ1n) is 5.43. The standard InChI is InChI=1S/C10H21N3O/c1-3-13(2)10(14)12-8-9-4-6-11-7-5-9/h9,11H,3-8H2,1-2H3,(H,12,14). The van der Waals surface area contributed by atoms with Gasteiger partial charge in [-0.25, -0.2) is 4.79 Å². The quantitative estimate of drug-likeness (QED) is 0.701. The molecule has 1 fully saturated rings. The van der Waals surface area contributed by atoms with Crippen LogP contribution in [0.3, 0.4) is 0 Å². The van der Waals surface area contributed by atoms with Crippen LogP contribution in [0.4, 0.5) is 4.79 Å². The maximum atomic E-state index is 11.4. The number of hydrogen-bond acceptors (Lipinski definition) is 2. The first kappa shape index (κ1) is 11.3. The second-order valence-corrected chi connectivity index (χ2v) is 3.89. The predicted molar refractivity (Wildman–Crippen MR) is 57.3 cm³/mol. The molecule has 0 radical (unpaired) electrons. The van der Waals surface area contributed by atoms with Crippen LogP contribution < -0.4 is 10.6 Å². The topological polar surface area (TPSA) is 44.4 Å². The summed E-state index contributed by atoms with van der Waals surface area (Å²) in [7, 11) is 1.82. The summed E-state index contributed by atoms with van der Waals surface area (Å²) in [6.07, 6.45) is 2.35. The van der Waals surface area contributed by atoms with Gasteiger partial charge in [-0.1, -0.05) is 0 Å². The Kier molecular flexibility index (Phi) is 4.73. The summed E-state index contributed by atoms with van der Waals surface area (Å²) in [5, 5.41) is 6.28. The van der Waals surface area contributed by atoms with Crippen LogP contribution in [-0.4, -0.2) is 44.2 Å². The van der Waals surface area contributed by atoms with Gasteiger partial charge < -0.3 is 15.5 Å². The lowest BCUT2D eigenvalue weighted by molar-refractivity contribution is 0.207. The van der Waals surface area contributed by atoms with Crippen LogP contribution in [0.25, 0.3) is 0 Å². The normalized spacial score (nSPS) is 17.9. The van der Waals surface area contributed by atoms with Crippen molar-refractivity contribution in [2.24, 2.45) is 5.92 Å². The van der Waals surface area contributed by atoms with Crippen molar-refractivity contribution >= 4 is 6.03 Å². The van der Waals surface area contributed by atoms with E-state index in [2.05, 4.69) is 10.6 Å². The molecule has 82 valence electrons. The molecule has 0 aromatic carbocycles. The van der Waals surface area contributed by atoms with E-state index < -0.39 is 0 Å². The fourth-order valence-corrected chi connectivity index (χ4v) is 1.60. The van der Waals surface area contributed by atoms with Crippen molar-refractivity contribution in [2.75, 3.05) is 33.2 Å². The van der Waals surface area contributed by atoms with Gasteiger partial charge in [-0.3, -0.25) is 0 Å². The van der Waals surface area contributed by atoms with E-state index in [1.54, 1.807) is 4.90 Å². The molecule has 0 aromatic rings. The Morgan fingerprint density at radius 1 is 1.50 bits per heavy atom. The molecule has 1 heterocycles. The van der Waals surface area contributed by atoms with Gasteiger partial charge >= 0.3 is 6.03 Å². The zero-order valence-electron chi connectivity index (χ0n) is 9.18. The van der Waals surface area contributed by atoms with Crippen LogP contribution in [0.5, 0.6) is 0 Å². The van der Waals surface area contributed by atoms with Crippen LogP contribution in [0.15, 0.2) is 0 Å². The monoisotopic (exact) mass is 199 g/mol. The van der Waals surface area contributed by atoms with Crippen molar-refractivity contribution in [1.82, 2.24) is 15.5 Å². The zero-order chi connectivity index (χ0) is 10.4. The lowest BCUT2D eigenvalue weighted by Gasteiger charge is -2.24. The van der Waals surface area contributed by atoms with Gasteiger partial charge in [0, 0.05) is 20.1 Å². The molecular weight excluding hydrogens is 178 g/mol. The number of carbonyl (C=O) groups is 1. The van der Waals surface area contributed by atoms with E-state index in [9.17, 15) is 4.79 Å². The molecule has 1 saturated heterocycles. The maximum absolute atomic E-state index is 11.4. The van der Waals surface area contributed by atoms with Crippen molar-refractivity contribution < 1.29 is 4.79 Å². The van der Waals surface area contributed by atoms with Gasteiger partial charge in [-0.15, -0.1) is 0 Å². The average molecular weight is 199 g/mol. The minimum Gasteiger partial charge on any atom is -0.338 e. The highest BCUT2D eigenvalue weighted by Crippen LogP contribution is 2.09. The maximum Gasteiger partial charge on any atom is 0.317 e. The number of piperidine rings is 1. The molecule has 1 aliphatic heterocycles. The Balaban J connectivity index is 2.15. The fourth-order valence-electron chi connectivity index (χ4n) is 1.60. The van der Waals surface area contributed by atoms with E-state index >= 15 is 0 Å². The third kappa shape index (κ3) is 3.54. The van der Waals surface area contributed by atoms with Gasteiger partial charge in [0.05, 0.1) is 0 Å². The Labute approximate surface area is 86.0 Å². The van der Waals surface area contributed by atoms with Crippen LogP contribution in [-0.2, 0) is 0 Å². The Hall–Kier alpha value is -0.770. The van der Waals surface area contributed by atoms with Crippen LogP contribution in [0.1, 0.15) is 19.8 Å². The second-order valence-electron chi connectivity index (χ2n) is 3.89. The number of rotatable bonds is 3. The third-order valence-corrected chi connectivity index (χ3v) is 2.82. The van der Waals surface area contributed by atoms with Crippen molar-refractivity contribution in [1.29, 1.82) is 0 Å².